The van der Waals surface area contributed by atoms with Crippen molar-refractivity contribution >= 4 is 88.6 Å². The van der Waals surface area contributed by atoms with Gasteiger partial charge in [-0.25, -0.2) is 0 Å². The van der Waals surface area contributed by atoms with E-state index >= 15 is 0 Å². The lowest BCUT2D eigenvalue weighted by atomic mass is 9.99. The van der Waals surface area contributed by atoms with Crippen molar-refractivity contribution in [1.29, 1.82) is 0 Å². The quantitative estimate of drug-likeness (QED) is 0.0336. The van der Waals surface area contributed by atoms with Gasteiger partial charge in [0.1, 0.15) is 84.6 Å². The molecule has 0 heterocycles. The third-order valence-corrected chi connectivity index (χ3v) is 18.4. The zero-order valence-electron chi connectivity index (χ0n) is 69.6. The highest BCUT2D eigenvalue weighted by atomic mass is 16.2. The summed E-state index contributed by atoms with van der Waals surface area (Å²) in [7, 11) is 0. The highest BCUT2D eigenvalue weighted by Gasteiger charge is 2.37. The molecule has 35 heteroatoms. The van der Waals surface area contributed by atoms with Crippen molar-refractivity contribution in [3.8, 4) is 0 Å². The first-order valence-electron chi connectivity index (χ1n) is 40.2. The summed E-state index contributed by atoms with van der Waals surface area (Å²) in [5, 5.41) is 37.4. The maximum absolute atomic E-state index is 14.5. The van der Waals surface area contributed by atoms with E-state index in [9.17, 15) is 71.9 Å². The summed E-state index contributed by atoms with van der Waals surface area (Å²) in [6.07, 6.45) is 4.56. The number of carbonyl (C=O) groups is 15. The van der Waals surface area contributed by atoms with Crippen LogP contribution in [0.2, 0.25) is 0 Å². The second kappa shape index (κ2) is 54.7. The standard InChI is InChI=1S/C78H140N20O15/c1-43(2)37-59(64(84)99)94-66(101)49(12)86-72(107)56(30-20-24-34-80)91-75(110)61(39-45(5)6)96-68(103)51(14)88-74(109)58(32-22-26-36-82)93-77(112)63(41-47(9)10)98-78(113)62(40-46(7)8)97-69(104)52(15)89-73(108)57(31-21-25-35-81)92-76(111)60(38-44(3)4)95-67(102)50(13)87-71(106)55(29-19-23-33-79)90-65(100)48(11)85-70(105)54(83)42-53-27-17-16-18-28-53/h16-18,27-28,43-52,54-63H,19-26,29-42,79-83H2,1-15H3,(H2,84,99)(H,85,105)(H,86,107)(H,87,106)(H,88,109)(H,89,108)(H,90,100)(H,91,110)(H,92,111)(H,93,112)(H,94,101)(H,95,102)(H,96,103)(H,97,104)(H,98,113). The molecule has 0 aliphatic heterocycles. The fraction of sp³-hybridized carbons (Fsp3) is 0.731. The molecule has 1 aromatic rings. The molecule has 0 spiro atoms. The van der Waals surface area contributed by atoms with Crippen LogP contribution in [0.25, 0.3) is 0 Å². The van der Waals surface area contributed by atoms with Gasteiger partial charge in [0.05, 0.1) is 6.04 Å². The first kappa shape index (κ1) is 102. The van der Waals surface area contributed by atoms with Crippen molar-refractivity contribution in [1.82, 2.24) is 74.4 Å². The summed E-state index contributed by atoms with van der Waals surface area (Å²) in [6, 6.07) is -8.93. The Bertz CT molecular complexity index is 3180. The van der Waals surface area contributed by atoms with Crippen LogP contribution in [0.1, 0.15) is 219 Å². The number of unbranched alkanes of at least 4 members (excludes halogenated alkanes) is 4. The van der Waals surface area contributed by atoms with Gasteiger partial charge in [-0.15, -0.1) is 0 Å². The van der Waals surface area contributed by atoms with E-state index < -0.39 is 179 Å². The van der Waals surface area contributed by atoms with E-state index in [1.54, 1.807) is 13.8 Å². The molecule has 113 heavy (non-hydrogen) atoms. The van der Waals surface area contributed by atoms with E-state index in [-0.39, 0.29) is 107 Å². The SMILES string of the molecule is CC(C)CC(NC(=O)C(C)NC(=O)C(CCCCN)NC(=O)C(CC(C)C)NC(=O)C(C)NC(=O)C(CCCCN)NC(=O)C(CC(C)C)NC(=O)C(CC(C)C)NC(=O)C(C)NC(=O)C(CCCCN)NC(=O)C(CC(C)C)NC(=O)C(C)NC(=O)C(CCCCN)NC(=O)C(C)NC(=O)C(N)Cc1ccccc1)C(N)=O. The average Bonchev–Trinajstić information content (AvgIpc) is 0.865. The normalized spacial score (nSPS) is 15.4. The van der Waals surface area contributed by atoms with Crippen molar-refractivity contribution < 1.29 is 71.9 Å². The Kier molecular flexibility index (Phi) is 49.4. The van der Waals surface area contributed by atoms with Gasteiger partial charge in [0.2, 0.25) is 88.6 Å². The molecular formula is C78H140N20O15. The van der Waals surface area contributed by atoms with Crippen LogP contribution in [0.5, 0.6) is 0 Å². The highest BCUT2D eigenvalue weighted by molar-refractivity contribution is 6.00. The number of benzene rings is 1. The summed E-state index contributed by atoms with van der Waals surface area (Å²) < 4.78 is 0. The van der Waals surface area contributed by atoms with E-state index in [4.69, 9.17) is 34.4 Å². The van der Waals surface area contributed by atoms with Crippen molar-refractivity contribution in [2.75, 3.05) is 26.2 Å². The van der Waals surface area contributed by atoms with Crippen molar-refractivity contribution in [3.05, 3.63) is 35.9 Å². The molecule has 0 radical (unpaired) electrons. The predicted molar refractivity (Wildman–Crippen MR) is 432 cm³/mol. The molecule has 15 unspecified atom stereocenters. The van der Waals surface area contributed by atoms with Gasteiger partial charge in [-0.05, 0) is 212 Å². The van der Waals surface area contributed by atoms with Gasteiger partial charge in [-0.1, -0.05) is 99.6 Å². The molecule has 0 aliphatic rings. The Morgan fingerprint density at radius 3 is 0.681 bits per heavy atom. The third kappa shape index (κ3) is 41.6. The molecule has 642 valence electrons. The Labute approximate surface area is 668 Å². The summed E-state index contributed by atoms with van der Waals surface area (Å²) in [5.41, 5.74) is 35.6. The zero-order chi connectivity index (χ0) is 85.8. The number of rotatable bonds is 57. The molecule has 0 aliphatic carbocycles. The maximum atomic E-state index is 14.5. The lowest BCUT2D eigenvalue weighted by molar-refractivity contribution is -0.136. The van der Waals surface area contributed by atoms with Crippen LogP contribution < -0.4 is 109 Å². The van der Waals surface area contributed by atoms with Gasteiger partial charge in [-0.2, -0.15) is 0 Å². The summed E-state index contributed by atoms with van der Waals surface area (Å²) >= 11 is 0. The summed E-state index contributed by atoms with van der Waals surface area (Å²) in [4.78, 5) is 207. The molecule has 0 saturated carbocycles. The molecule has 1 rings (SSSR count). The molecule has 0 saturated heterocycles. The van der Waals surface area contributed by atoms with Crippen LogP contribution in [-0.2, 0) is 78.3 Å². The number of nitrogens with one attached hydrogen (secondary N) is 14. The van der Waals surface area contributed by atoms with Gasteiger partial charge in [0.15, 0.2) is 0 Å². The van der Waals surface area contributed by atoms with Gasteiger partial charge < -0.3 is 109 Å². The fourth-order valence-electron chi connectivity index (χ4n) is 12.0. The summed E-state index contributed by atoms with van der Waals surface area (Å²) in [5.74, 6) is -11.8. The minimum absolute atomic E-state index is 0.0141. The van der Waals surface area contributed by atoms with Gasteiger partial charge in [0, 0.05) is 0 Å². The van der Waals surface area contributed by atoms with Crippen molar-refractivity contribution in [3.63, 3.8) is 0 Å². The molecule has 0 bridgehead atoms. The molecule has 1 aromatic carbocycles. The molecule has 0 aromatic heterocycles. The third-order valence-electron chi connectivity index (χ3n) is 18.4. The first-order chi connectivity index (χ1) is 53.1. The number of carbonyl (C=O) groups excluding carboxylic acids is 15. The largest absolute Gasteiger partial charge is 0.368 e. The molecule has 15 atom stereocenters. The Morgan fingerprint density at radius 1 is 0.257 bits per heavy atom. The number of hydrogen-bond donors (Lipinski definition) is 20. The van der Waals surface area contributed by atoms with Gasteiger partial charge in [-0.3, -0.25) is 71.9 Å². The molecule has 35 nitrogen and oxygen atoms in total. The van der Waals surface area contributed by atoms with Crippen molar-refractivity contribution in [2.45, 2.75) is 310 Å². The van der Waals surface area contributed by atoms with Crippen LogP contribution in [0.4, 0.5) is 0 Å². The number of hydrogen-bond acceptors (Lipinski definition) is 20. The van der Waals surface area contributed by atoms with E-state index in [2.05, 4.69) is 74.4 Å². The molecule has 0 fully saturated rings. The monoisotopic (exact) mass is 1600 g/mol. The average molecular weight is 1600 g/mol. The second-order valence-electron chi connectivity index (χ2n) is 31.7. The van der Waals surface area contributed by atoms with E-state index in [0.29, 0.717) is 64.5 Å². The first-order valence-corrected chi connectivity index (χ1v) is 40.2. The minimum atomic E-state index is -1.33. The number of nitrogens with two attached hydrogens (primary N) is 6. The van der Waals surface area contributed by atoms with E-state index in [1.807, 2.05) is 85.7 Å². The molecular weight excluding hydrogens is 1460 g/mol. The number of primary amides is 1. The lowest BCUT2D eigenvalue weighted by Gasteiger charge is -2.28. The van der Waals surface area contributed by atoms with Crippen LogP contribution in [0.3, 0.4) is 0 Å². The van der Waals surface area contributed by atoms with E-state index in [0.717, 1.165) is 5.56 Å². The molecule has 26 N–H and O–H groups in total. The van der Waals surface area contributed by atoms with Crippen molar-refractivity contribution in [2.24, 2.45) is 64.0 Å². The van der Waals surface area contributed by atoms with Gasteiger partial charge in [0.25, 0.3) is 0 Å². The van der Waals surface area contributed by atoms with Crippen LogP contribution in [0, 0.1) is 29.6 Å². The minimum Gasteiger partial charge on any atom is -0.368 e. The maximum Gasteiger partial charge on any atom is 0.243 e. The highest BCUT2D eigenvalue weighted by Crippen LogP contribution is 2.16. The van der Waals surface area contributed by atoms with Crippen LogP contribution in [0.15, 0.2) is 30.3 Å². The van der Waals surface area contributed by atoms with Crippen LogP contribution >= 0.6 is 0 Å². The van der Waals surface area contributed by atoms with Crippen LogP contribution in [-0.4, -0.2) is 205 Å². The Balaban J connectivity index is 3.38. The topological polar surface area (TPSA) is 581 Å². The lowest BCUT2D eigenvalue weighted by Crippen LogP contribution is -2.60. The number of amides is 15. The van der Waals surface area contributed by atoms with E-state index in [1.165, 1.54) is 34.6 Å². The Hall–Kier alpha value is -8.93. The zero-order valence-corrected chi connectivity index (χ0v) is 69.6. The predicted octanol–water partition coefficient (Wildman–Crippen LogP) is -1.33. The Morgan fingerprint density at radius 2 is 0.451 bits per heavy atom. The summed E-state index contributed by atoms with van der Waals surface area (Å²) in [6.45, 7) is 26.3. The fourth-order valence-corrected chi connectivity index (χ4v) is 12.0. The molecule has 15 amide bonds. The second-order valence-corrected chi connectivity index (χ2v) is 31.7. The van der Waals surface area contributed by atoms with Gasteiger partial charge >= 0.3 is 0 Å². The smallest absolute Gasteiger partial charge is 0.243 e.